The van der Waals surface area contributed by atoms with Crippen molar-refractivity contribution in [3.8, 4) is 11.5 Å². The number of hydrogen-bond donors (Lipinski definition) is 0. The summed E-state index contributed by atoms with van der Waals surface area (Å²) in [5.41, 5.74) is 5.99. The Labute approximate surface area is 242 Å². The number of aryl methyl sites for hydroxylation is 1. The van der Waals surface area contributed by atoms with E-state index in [-0.39, 0.29) is 18.2 Å². The average molecular weight is 618 g/mol. The number of esters is 1. The minimum absolute atomic E-state index is 0.135. The third-order valence-corrected chi connectivity index (χ3v) is 8.65. The summed E-state index contributed by atoms with van der Waals surface area (Å²) in [7, 11) is 2.83. The van der Waals surface area contributed by atoms with Gasteiger partial charge in [0.05, 0.1) is 30.5 Å². The normalized spacial score (nSPS) is 16.0. The molecule has 0 spiro atoms. The van der Waals surface area contributed by atoms with E-state index >= 15 is 0 Å². The number of methoxy groups -OCH3 is 2. The number of rotatable bonds is 6. The van der Waals surface area contributed by atoms with E-state index in [1.54, 1.807) is 12.1 Å². The van der Waals surface area contributed by atoms with E-state index in [0.717, 1.165) is 39.7 Å². The summed E-state index contributed by atoms with van der Waals surface area (Å²) in [4.78, 5) is 31.6. The second kappa shape index (κ2) is 10.9. The fourth-order valence-corrected chi connectivity index (χ4v) is 6.52. The summed E-state index contributed by atoms with van der Waals surface area (Å²) >= 11 is 4.88. The second-order valence-electron chi connectivity index (χ2n) is 9.41. The van der Waals surface area contributed by atoms with Crippen molar-refractivity contribution in [1.82, 2.24) is 4.57 Å². The molecule has 1 unspecified atom stereocenters. The number of carbonyl (C=O) groups is 1. The Kier molecular flexibility index (Phi) is 7.16. The Balaban J connectivity index is 1.55. The summed E-state index contributed by atoms with van der Waals surface area (Å²) in [5.74, 6) is 0.292. The summed E-state index contributed by atoms with van der Waals surface area (Å²) in [6, 6.07) is 21.6. The van der Waals surface area contributed by atoms with Crippen LogP contribution < -0.4 is 24.4 Å². The highest BCUT2D eigenvalue weighted by Gasteiger charge is 2.32. The van der Waals surface area contributed by atoms with Crippen molar-refractivity contribution in [2.45, 2.75) is 18.9 Å². The lowest BCUT2D eigenvalue weighted by atomic mass is 9.83. The van der Waals surface area contributed by atoms with Gasteiger partial charge in [-0.05, 0) is 53.8 Å². The van der Waals surface area contributed by atoms with E-state index in [4.69, 9.17) is 19.2 Å². The largest absolute Gasteiger partial charge is 0.493 e. The molecule has 3 aromatic carbocycles. The number of benzene rings is 3. The molecule has 0 saturated carbocycles. The van der Waals surface area contributed by atoms with E-state index in [9.17, 15) is 9.59 Å². The molecule has 2 heterocycles. The molecule has 0 amide bonds. The van der Waals surface area contributed by atoms with Crippen LogP contribution in [0.15, 0.2) is 86.6 Å². The molecule has 2 aliphatic rings. The Bertz CT molecular complexity index is 1840. The third-order valence-electron chi connectivity index (χ3n) is 7.14. The van der Waals surface area contributed by atoms with Crippen LogP contribution in [0, 0.1) is 0 Å². The highest BCUT2D eigenvalue weighted by Crippen LogP contribution is 2.41. The van der Waals surface area contributed by atoms with E-state index in [0.29, 0.717) is 26.4 Å². The first-order valence-corrected chi connectivity index (χ1v) is 14.3. The van der Waals surface area contributed by atoms with Crippen LogP contribution in [0.5, 0.6) is 11.5 Å². The number of halogens is 1. The lowest BCUT2D eigenvalue weighted by Crippen LogP contribution is -2.38. The van der Waals surface area contributed by atoms with Crippen LogP contribution in [0.1, 0.15) is 34.7 Å². The van der Waals surface area contributed by atoms with Gasteiger partial charge in [0.25, 0.3) is 5.56 Å². The molecule has 1 atom stereocenters. The number of fused-ring (bicyclic) bond motifs is 3. The van der Waals surface area contributed by atoms with Gasteiger partial charge in [-0.15, -0.1) is 0 Å². The number of nitrogens with zero attached hydrogens (tertiary/aromatic N) is 2. The third kappa shape index (κ3) is 4.69. The van der Waals surface area contributed by atoms with Crippen molar-refractivity contribution in [1.29, 1.82) is 0 Å². The van der Waals surface area contributed by atoms with Gasteiger partial charge >= 0.3 is 5.97 Å². The van der Waals surface area contributed by atoms with Crippen LogP contribution in [0.3, 0.4) is 0 Å². The fourth-order valence-electron chi connectivity index (χ4n) is 5.26. The van der Waals surface area contributed by atoms with Crippen molar-refractivity contribution in [3.63, 3.8) is 0 Å². The Morgan fingerprint density at radius 1 is 1.07 bits per heavy atom. The number of para-hydroxylation sites is 1. The van der Waals surface area contributed by atoms with Gasteiger partial charge in [0, 0.05) is 15.6 Å². The highest BCUT2D eigenvalue weighted by atomic mass is 79.9. The first-order valence-electron chi connectivity index (χ1n) is 12.7. The predicted molar refractivity (Wildman–Crippen MR) is 157 cm³/mol. The van der Waals surface area contributed by atoms with Crippen LogP contribution in [0.4, 0.5) is 0 Å². The molecule has 4 aromatic rings. The van der Waals surface area contributed by atoms with Gasteiger partial charge in [0.2, 0.25) is 0 Å². The van der Waals surface area contributed by atoms with Gasteiger partial charge in [0.1, 0.15) is 0 Å². The number of ether oxygens (including phenoxy) is 3. The summed E-state index contributed by atoms with van der Waals surface area (Å²) in [6.45, 7) is -0.283. The van der Waals surface area contributed by atoms with E-state index in [1.165, 1.54) is 31.1 Å². The lowest BCUT2D eigenvalue weighted by Gasteiger charge is -2.30. The SMILES string of the molecule is COC(=O)COc1c(C=c2sc3n(c2=O)C(c2ccc(Br)cc2)C2=C(N=3)c3ccccc3CC2)cccc1OC. The van der Waals surface area contributed by atoms with Crippen LogP contribution in [-0.2, 0) is 16.0 Å². The topological polar surface area (TPSA) is 79.1 Å². The molecular weight excluding hydrogens is 592 g/mol. The first-order chi connectivity index (χ1) is 19.5. The zero-order valence-corrected chi connectivity index (χ0v) is 24.3. The quantitative estimate of drug-likeness (QED) is 0.295. The van der Waals surface area contributed by atoms with E-state index < -0.39 is 5.97 Å². The van der Waals surface area contributed by atoms with Gasteiger partial charge < -0.3 is 14.2 Å². The molecule has 0 saturated heterocycles. The van der Waals surface area contributed by atoms with Crippen LogP contribution in [0.2, 0.25) is 0 Å². The van der Waals surface area contributed by atoms with Crippen molar-refractivity contribution in [3.05, 3.63) is 119 Å². The molecule has 1 aromatic heterocycles. The Hall–Kier alpha value is -3.95. The van der Waals surface area contributed by atoms with E-state index in [1.807, 2.05) is 34.9 Å². The van der Waals surface area contributed by atoms with Gasteiger partial charge in [-0.25, -0.2) is 9.79 Å². The van der Waals surface area contributed by atoms with Crippen molar-refractivity contribution in [2.75, 3.05) is 20.8 Å². The summed E-state index contributed by atoms with van der Waals surface area (Å²) < 4.78 is 19.3. The lowest BCUT2D eigenvalue weighted by molar-refractivity contribution is -0.142. The second-order valence-corrected chi connectivity index (χ2v) is 11.3. The molecule has 0 N–H and O–H groups in total. The van der Waals surface area contributed by atoms with Gasteiger partial charge in [-0.2, -0.15) is 0 Å². The molecule has 40 heavy (non-hydrogen) atoms. The van der Waals surface area contributed by atoms with Gasteiger partial charge in [0.15, 0.2) is 22.9 Å². The minimum atomic E-state index is -0.517. The molecule has 0 bridgehead atoms. The Morgan fingerprint density at radius 2 is 1.88 bits per heavy atom. The van der Waals surface area contributed by atoms with Crippen LogP contribution >= 0.6 is 27.3 Å². The fraction of sp³-hybridized carbons (Fsp3) is 0.194. The molecule has 1 aliphatic heterocycles. The molecular formula is C31H25BrN2O5S. The maximum absolute atomic E-state index is 14.1. The molecule has 0 fully saturated rings. The number of hydrogen-bond acceptors (Lipinski definition) is 7. The Morgan fingerprint density at radius 3 is 2.65 bits per heavy atom. The van der Waals surface area contributed by atoms with Crippen molar-refractivity contribution in [2.24, 2.45) is 4.99 Å². The zero-order valence-electron chi connectivity index (χ0n) is 21.8. The van der Waals surface area contributed by atoms with Crippen molar-refractivity contribution >= 4 is 45.0 Å². The number of carbonyl (C=O) groups excluding carboxylic acids is 1. The number of aromatic nitrogens is 1. The predicted octanol–water partition coefficient (Wildman–Crippen LogP) is 4.64. The standard InChI is InChI=1S/C31H25BrN2O5S/c1-37-24-9-5-7-20(29(24)39-17-26(35)38-2)16-25-30(36)34-28(19-10-13-21(32)14-11-19)23-15-12-18-6-3-4-8-22(18)27(23)33-31(34)40-25/h3-11,13-14,16,28H,12,15,17H2,1-2H3. The van der Waals surface area contributed by atoms with E-state index in [2.05, 4.69) is 46.3 Å². The van der Waals surface area contributed by atoms with Crippen LogP contribution in [-0.4, -0.2) is 31.4 Å². The average Bonchev–Trinajstić information content (AvgIpc) is 3.29. The molecule has 6 rings (SSSR count). The first kappa shape index (κ1) is 26.3. The molecule has 1 aliphatic carbocycles. The molecule has 7 nitrogen and oxygen atoms in total. The van der Waals surface area contributed by atoms with Crippen LogP contribution in [0.25, 0.3) is 11.8 Å². The monoisotopic (exact) mass is 616 g/mol. The highest BCUT2D eigenvalue weighted by molar-refractivity contribution is 9.10. The number of allylic oxidation sites excluding steroid dienone is 1. The zero-order chi connectivity index (χ0) is 27.8. The summed E-state index contributed by atoms with van der Waals surface area (Å²) in [6.07, 6.45) is 3.49. The number of thiazole rings is 1. The maximum Gasteiger partial charge on any atom is 0.343 e. The van der Waals surface area contributed by atoms with Gasteiger partial charge in [-0.1, -0.05) is 75.8 Å². The maximum atomic E-state index is 14.1. The smallest absolute Gasteiger partial charge is 0.343 e. The minimum Gasteiger partial charge on any atom is -0.493 e. The molecule has 202 valence electrons. The molecule has 0 radical (unpaired) electrons. The summed E-state index contributed by atoms with van der Waals surface area (Å²) in [5, 5.41) is 0. The van der Waals surface area contributed by atoms with Gasteiger partial charge in [-0.3, -0.25) is 9.36 Å². The van der Waals surface area contributed by atoms with Crippen molar-refractivity contribution < 1.29 is 19.0 Å². The molecule has 9 heteroatoms.